The largest absolute Gasteiger partial charge is 0.385 e. The van der Waals surface area contributed by atoms with E-state index in [9.17, 15) is 9.59 Å². The maximum absolute atomic E-state index is 12.3. The Morgan fingerprint density at radius 2 is 1.95 bits per heavy atom. The van der Waals surface area contributed by atoms with E-state index in [1.807, 2.05) is 6.92 Å². The molecule has 0 aliphatic carbocycles. The quantitative estimate of drug-likeness (QED) is 0.662. The van der Waals surface area contributed by atoms with Gasteiger partial charge in [0.15, 0.2) is 0 Å². The van der Waals surface area contributed by atoms with Crippen LogP contribution >= 0.6 is 0 Å². The summed E-state index contributed by atoms with van der Waals surface area (Å²) in [6, 6.07) is -0.413. The zero-order valence-electron chi connectivity index (χ0n) is 12.9. The fraction of sp³-hybridized carbons (Fsp3) is 0.857. The summed E-state index contributed by atoms with van der Waals surface area (Å²) >= 11 is 0. The molecule has 1 aliphatic heterocycles. The Morgan fingerprint density at radius 1 is 1.25 bits per heavy atom. The summed E-state index contributed by atoms with van der Waals surface area (Å²) in [7, 11) is 1.65. The van der Waals surface area contributed by atoms with Crippen LogP contribution in [0.15, 0.2) is 0 Å². The number of carbonyl (C=O) groups excluding carboxylic acids is 2. The smallest absolute Gasteiger partial charge is 0.246 e. The zero-order chi connectivity index (χ0) is 15.2. The first-order valence-electron chi connectivity index (χ1n) is 7.14. The van der Waals surface area contributed by atoms with Gasteiger partial charge in [-0.1, -0.05) is 6.92 Å². The first-order valence-corrected chi connectivity index (χ1v) is 7.14. The van der Waals surface area contributed by atoms with Crippen LogP contribution in [0.2, 0.25) is 0 Å². The number of hydrogen-bond acceptors (Lipinski definition) is 4. The zero-order valence-corrected chi connectivity index (χ0v) is 12.9. The van der Waals surface area contributed by atoms with Crippen molar-refractivity contribution in [3.05, 3.63) is 0 Å². The molecular formula is C14H26N2O4. The third-order valence-corrected chi connectivity index (χ3v) is 3.60. The van der Waals surface area contributed by atoms with Crippen molar-refractivity contribution in [2.24, 2.45) is 0 Å². The van der Waals surface area contributed by atoms with E-state index in [-0.39, 0.29) is 11.8 Å². The molecule has 0 spiro atoms. The molecule has 1 rings (SSSR count). The molecule has 0 aromatic heterocycles. The second kappa shape index (κ2) is 7.59. The third kappa shape index (κ3) is 3.93. The maximum atomic E-state index is 12.3. The summed E-state index contributed by atoms with van der Waals surface area (Å²) < 4.78 is 10.4. The molecule has 0 saturated carbocycles. The highest BCUT2D eigenvalue weighted by Gasteiger charge is 2.45. The molecule has 20 heavy (non-hydrogen) atoms. The Labute approximate surface area is 120 Å². The van der Waals surface area contributed by atoms with E-state index in [2.05, 4.69) is 5.32 Å². The van der Waals surface area contributed by atoms with Crippen LogP contribution in [-0.2, 0) is 19.1 Å². The predicted octanol–water partition coefficient (Wildman–Crippen LogP) is 0.555. The summed E-state index contributed by atoms with van der Waals surface area (Å²) in [6.07, 6.45) is 1.43. The normalized spacial score (nSPS) is 22.0. The Balaban J connectivity index is 2.51. The number of methoxy groups -OCH3 is 1. The monoisotopic (exact) mass is 286 g/mol. The van der Waals surface area contributed by atoms with E-state index < -0.39 is 11.6 Å². The number of hydrogen-bond donors (Lipinski definition) is 1. The Bertz CT molecular complexity index is 344. The van der Waals surface area contributed by atoms with E-state index in [1.54, 1.807) is 25.9 Å². The number of piperazine rings is 1. The maximum Gasteiger partial charge on any atom is 0.246 e. The Hall–Kier alpha value is -1.14. The molecule has 0 aromatic rings. The van der Waals surface area contributed by atoms with Crippen molar-refractivity contribution >= 4 is 11.8 Å². The van der Waals surface area contributed by atoms with Crippen LogP contribution in [0.4, 0.5) is 0 Å². The molecule has 116 valence electrons. The SMILES string of the molecule is CCC1NC(=O)C(C)(C)N(CCOCCCOC)C1=O. The third-order valence-electron chi connectivity index (χ3n) is 3.60. The van der Waals surface area contributed by atoms with Gasteiger partial charge >= 0.3 is 0 Å². The highest BCUT2D eigenvalue weighted by atomic mass is 16.5. The molecule has 0 radical (unpaired) electrons. The molecule has 6 nitrogen and oxygen atoms in total. The van der Waals surface area contributed by atoms with Crippen molar-refractivity contribution in [1.29, 1.82) is 0 Å². The van der Waals surface area contributed by atoms with Crippen LogP contribution in [0.3, 0.4) is 0 Å². The highest BCUT2D eigenvalue weighted by molar-refractivity contribution is 5.99. The molecule has 1 unspecified atom stereocenters. The van der Waals surface area contributed by atoms with Crippen molar-refractivity contribution in [2.45, 2.75) is 45.2 Å². The van der Waals surface area contributed by atoms with Crippen LogP contribution < -0.4 is 5.32 Å². The van der Waals surface area contributed by atoms with Gasteiger partial charge in [0.1, 0.15) is 11.6 Å². The minimum absolute atomic E-state index is 0.0300. The van der Waals surface area contributed by atoms with Crippen LogP contribution in [0.1, 0.15) is 33.6 Å². The molecule has 1 atom stereocenters. The van der Waals surface area contributed by atoms with E-state index in [0.29, 0.717) is 32.8 Å². The average Bonchev–Trinajstić information content (AvgIpc) is 2.41. The minimum atomic E-state index is -0.821. The summed E-state index contributed by atoms with van der Waals surface area (Å²) in [6.45, 7) is 7.54. The fourth-order valence-electron chi connectivity index (χ4n) is 2.21. The summed E-state index contributed by atoms with van der Waals surface area (Å²) in [5.41, 5.74) is -0.821. The predicted molar refractivity (Wildman–Crippen MR) is 75.3 cm³/mol. The lowest BCUT2D eigenvalue weighted by Crippen LogP contribution is -2.68. The molecule has 1 aliphatic rings. The van der Waals surface area contributed by atoms with Crippen molar-refractivity contribution in [2.75, 3.05) is 33.5 Å². The standard InChI is InChI=1S/C14H26N2O4/c1-5-11-12(17)16(14(2,3)13(18)15-11)7-10-20-9-6-8-19-4/h11H,5-10H2,1-4H3,(H,15,18). The lowest BCUT2D eigenvalue weighted by Gasteiger charge is -2.44. The van der Waals surface area contributed by atoms with Crippen LogP contribution in [0, 0.1) is 0 Å². The number of rotatable bonds is 8. The first-order chi connectivity index (χ1) is 9.45. The fourth-order valence-corrected chi connectivity index (χ4v) is 2.21. The summed E-state index contributed by atoms with van der Waals surface area (Å²) in [4.78, 5) is 26.0. The lowest BCUT2D eigenvalue weighted by atomic mass is 9.95. The molecule has 1 fully saturated rings. The molecule has 1 saturated heterocycles. The van der Waals surface area contributed by atoms with Crippen molar-refractivity contribution in [1.82, 2.24) is 10.2 Å². The van der Waals surface area contributed by atoms with Gasteiger partial charge in [0.2, 0.25) is 11.8 Å². The van der Waals surface area contributed by atoms with E-state index in [0.717, 1.165) is 6.42 Å². The summed E-state index contributed by atoms with van der Waals surface area (Å²) in [5.74, 6) is -0.138. The van der Waals surface area contributed by atoms with Crippen molar-refractivity contribution in [3.8, 4) is 0 Å². The molecule has 6 heteroatoms. The van der Waals surface area contributed by atoms with Gasteiger partial charge in [0, 0.05) is 26.9 Å². The van der Waals surface area contributed by atoms with E-state index in [1.165, 1.54) is 0 Å². The van der Waals surface area contributed by atoms with Crippen LogP contribution in [0.25, 0.3) is 0 Å². The van der Waals surface area contributed by atoms with Gasteiger partial charge in [-0.05, 0) is 26.7 Å². The summed E-state index contributed by atoms with van der Waals surface area (Å²) in [5, 5.41) is 2.77. The number of nitrogens with zero attached hydrogens (tertiary/aromatic N) is 1. The van der Waals surface area contributed by atoms with Gasteiger partial charge < -0.3 is 19.7 Å². The number of amides is 2. The first kappa shape index (κ1) is 16.9. The number of ether oxygens (including phenoxy) is 2. The molecule has 0 bridgehead atoms. The van der Waals surface area contributed by atoms with Crippen LogP contribution in [0.5, 0.6) is 0 Å². The average molecular weight is 286 g/mol. The highest BCUT2D eigenvalue weighted by Crippen LogP contribution is 2.21. The molecule has 2 amide bonds. The van der Waals surface area contributed by atoms with Gasteiger partial charge in [-0.2, -0.15) is 0 Å². The van der Waals surface area contributed by atoms with Crippen molar-refractivity contribution in [3.63, 3.8) is 0 Å². The van der Waals surface area contributed by atoms with Crippen LogP contribution in [-0.4, -0.2) is 61.8 Å². The van der Waals surface area contributed by atoms with Crippen molar-refractivity contribution < 1.29 is 19.1 Å². The topological polar surface area (TPSA) is 67.9 Å². The molecule has 0 aromatic carbocycles. The molecule has 1 N–H and O–H groups in total. The molecular weight excluding hydrogens is 260 g/mol. The number of nitrogens with one attached hydrogen (secondary N) is 1. The van der Waals surface area contributed by atoms with Gasteiger partial charge in [0.25, 0.3) is 0 Å². The van der Waals surface area contributed by atoms with Gasteiger partial charge in [-0.15, -0.1) is 0 Å². The van der Waals surface area contributed by atoms with Gasteiger partial charge in [-0.3, -0.25) is 9.59 Å². The lowest BCUT2D eigenvalue weighted by molar-refractivity contribution is -0.156. The molecule has 1 heterocycles. The van der Waals surface area contributed by atoms with Gasteiger partial charge in [0.05, 0.1) is 6.61 Å². The second-order valence-corrected chi connectivity index (χ2v) is 5.44. The Kier molecular flexibility index (Phi) is 6.42. The Morgan fingerprint density at radius 3 is 2.55 bits per heavy atom. The second-order valence-electron chi connectivity index (χ2n) is 5.44. The van der Waals surface area contributed by atoms with E-state index >= 15 is 0 Å². The van der Waals surface area contributed by atoms with Gasteiger partial charge in [-0.25, -0.2) is 0 Å². The minimum Gasteiger partial charge on any atom is -0.385 e. The number of carbonyl (C=O) groups is 2. The van der Waals surface area contributed by atoms with E-state index in [4.69, 9.17) is 9.47 Å².